The SMILES string of the molecule is Cc1cccc(N)c1Oc1ccc(C(F)(F)F)cc1. The lowest BCUT2D eigenvalue weighted by molar-refractivity contribution is -0.137. The molecule has 0 aliphatic heterocycles. The molecular weight excluding hydrogens is 255 g/mol. The number of alkyl halides is 3. The van der Waals surface area contributed by atoms with Gasteiger partial charge in [-0.05, 0) is 42.8 Å². The average Bonchev–Trinajstić information content (AvgIpc) is 2.33. The van der Waals surface area contributed by atoms with Gasteiger partial charge in [-0.1, -0.05) is 12.1 Å². The van der Waals surface area contributed by atoms with Crippen molar-refractivity contribution in [3.05, 3.63) is 53.6 Å². The van der Waals surface area contributed by atoms with Gasteiger partial charge in [-0.3, -0.25) is 0 Å². The fraction of sp³-hybridized carbons (Fsp3) is 0.143. The minimum Gasteiger partial charge on any atom is -0.455 e. The molecule has 0 unspecified atom stereocenters. The van der Waals surface area contributed by atoms with Gasteiger partial charge >= 0.3 is 6.18 Å². The molecule has 0 aliphatic carbocycles. The predicted octanol–water partition coefficient (Wildman–Crippen LogP) is 4.39. The molecule has 0 spiro atoms. The number of benzene rings is 2. The standard InChI is InChI=1S/C14H12F3NO/c1-9-3-2-4-12(18)13(9)19-11-7-5-10(6-8-11)14(15,16)17/h2-8H,18H2,1H3. The molecule has 0 atom stereocenters. The van der Waals surface area contributed by atoms with E-state index >= 15 is 0 Å². The van der Waals surface area contributed by atoms with Crippen molar-refractivity contribution in [3.8, 4) is 11.5 Å². The summed E-state index contributed by atoms with van der Waals surface area (Å²) >= 11 is 0. The Labute approximate surface area is 108 Å². The Kier molecular flexibility index (Phi) is 3.38. The van der Waals surface area contributed by atoms with Gasteiger partial charge in [0.05, 0.1) is 11.3 Å². The molecule has 0 radical (unpaired) electrons. The van der Waals surface area contributed by atoms with Crippen molar-refractivity contribution >= 4 is 5.69 Å². The molecule has 2 nitrogen and oxygen atoms in total. The molecule has 5 heteroatoms. The van der Waals surface area contributed by atoms with Gasteiger partial charge in [-0.25, -0.2) is 0 Å². The van der Waals surface area contributed by atoms with Crippen LogP contribution in [0.5, 0.6) is 11.5 Å². The maximum atomic E-state index is 12.4. The summed E-state index contributed by atoms with van der Waals surface area (Å²) in [5.74, 6) is 0.774. The van der Waals surface area contributed by atoms with Crippen molar-refractivity contribution in [1.29, 1.82) is 0 Å². The predicted molar refractivity (Wildman–Crippen MR) is 67.1 cm³/mol. The minimum atomic E-state index is -4.35. The molecule has 19 heavy (non-hydrogen) atoms. The van der Waals surface area contributed by atoms with Crippen LogP contribution in [0.2, 0.25) is 0 Å². The van der Waals surface area contributed by atoms with Crippen LogP contribution in [0.4, 0.5) is 18.9 Å². The van der Waals surface area contributed by atoms with E-state index in [1.54, 1.807) is 12.1 Å². The minimum absolute atomic E-state index is 0.314. The fourth-order valence-corrected chi connectivity index (χ4v) is 1.64. The molecule has 0 saturated carbocycles. The monoisotopic (exact) mass is 267 g/mol. The summed E-state index contributed by atoms with van der Waals surface area (Å²) in [4.78, 5) is 0. The molecule has 2 aromatic carbocycles. The largest absolute Gasteiger partial charge is 0.455 e. The Hall–Kier alpha value is -2.17. The van der Waals surface area contributed by atoms with E-state index in [-0.39, 0.29) is 0 Å². The first kappa shape index (κ1) is 13.3. The van der Waals surface area contributed by atoms with E-state index in [0.717, 1.165) is 17.7 Å². The summed E-state index contributed by atoms with van der Waals surface area (Å²) in [6.45, 7) is 1.82. The van der Waals surface area contributed by atoms with Gasteiger partial charge in [0.25, 0.3) is 0 Å². The molecule has 2 aromatic rings. The summed E-state index contributed by atoms with van der Waals surface area (Å²) in [6.07, 6.45) is -4.35. The van der Waals surface area contributed by atoms with Crippen LogP contribution >= 0.6 is 0 Å². The number of hydrogen-bond donors (Lipinski definition) is 1. The summed E-state index contributed by atoms with van der Waals surface area (Å²) < 4.78 is 42.8. The highest BCUT2D eigenvalue weighted by Crippen LogP contribution is 2.33. The zero-order valence-electron chi connectivity index (χ0n) is 10.2. The topological polar surface area (TPSA) is 35.2 Å². The number of ether oxygens (including phenoxy) is 1. The number of halogens is 3. The Morgan fingerprint density at radius 2 is 1.63 bits per heavy atom. The molecule has 2 N–H and O–H groups in total. The van der Waals surface area contributed by atoms with E-state index in [2.05, 4.69) is 0 Å². The first-order chi connectivity index (χ1) is 8.88. The number of hydrogen-bond acceptors (Lipinski definition) is 2. The van der Waals surface area contributed by atoms with Gasteiger partial charge in [0.2, 0.25) is 0 Å². The maximum absolute atomic E-state index is 12.4. The lowest BCUT2D eigenvalue weighted by Gasteiger charge is -2.12. The van der Waals surface area contributed by atoms with E-state index in [1.165, 1.54) is 12.1 Å². The van der Waals surface area contributed by atoms with Gasteiger partial charge in [0, 0.05) is 0 Å². The third-order valence-corrected chi connectivity index (χ3v) is 2.64. The van der Waals surface area contributed by atoms with Crippen LogP contribution < -0.4 is 10.5 Å². The van der Waals surface area contributed by atoms with Crippen molar-refractivity contribution in [1.82, 2.24) is 0 Å². The Morgan fingerprint density at radius 1 is 1.00 bits per heavy atom. The molecular formula is C14H12F3NO. The van der Waals surface area contributed by atoms with Gasteiger partial charge < -0.3 is 10.5 Å². The van der Waals surface area contributed by atoms with Gasteiger partial charge in [-0.15, -0.1) is 0 Å². The quantitative estimate of drug-likeness (QED) is 0.819. The van der Waals surface area contributed by atoms with Crippen LogP contribution in [0, 0.1) is 6.92 Å². The number of nitrogen functional groups attached to an aromatic ring is 1. The van der Waals surface area contributed by atoms with Gasteiger partial charge in [0.15, 0.2) is 5.75 Å². The average molecular weight is 267 g/mol. The first-order valence-corrected chi connectivity index (χ1v) is 5.58. The highest BCUT2D eigenvalue weighted by Gasteiger charge is 2.30. The smallest absolute Gasteiger partial charge is 0.416 e. The second kappa shape index (κ2) is 4.84. The van der Waals surface area contributed by atoms with E-state index in [0.29, 0.717) is 17.2 Å². The molecule has 0 heterocycles. The Bertz CT molecular complexity index is 556. The molecule has 0 fully saturated rings. The molecule has 0 amide bonds. The number of para-hydroxylation sites is 1. The third-order valence-electron chi connectivity index (χ3n) is 2.64. The van der Waals surface area contributed by atoms with Crippen molar-refractivity contribution < 1.29 is 17.9 Å². The molecule has 100 valence electrons. The highest BCUT2D eigenvalue weighted by molar-refractivity contribution is 5.57. The molecule has 0 saturated heterocycles. The Morgan fingerprint density at radius 3 is 2.16 bits per heavy atom. The number of nitrogens with two attached hydrogens (primary N) is 1. The number of rotatable bonds is 2. The first-order valence-electron chi connectivity index (χ1n) is 5.58. The van der Waals surface area contributed by atoms with Crippen molar-refractivity contribution in [2.24, 2.45) is 0 Å². The van der Waals surface area contributed by atoms with Gasteiger partial charge in [0.1, 0.15) is 5.75 Å². The zero-order chi connectivity index (χ0) is 14.0. The van der Waals surface area contributed by atoms with E-state index in [9.17, 15) is 13.2 Å². The normalized spacial score (nSPS) is 11.4. The molecule has 0 aromatic heterocycles. The van der Waals surface area contributed by atoms with Crippen LogP contribution in [0.25, 0.3) is 0 Å². The number of aryl methyl sites for hydroxylation is 1. The fourth-order valence-electron chi connectivity index (χ4n) is 1.64. The van der Waals surface area contributed by atoms with Crippen molar-refractivity contribution in [2.45, 2.75) is 13.1 Å². The lowest BCUT2D eigenvalue weighted by Crippen LogP contribution is -2.04. The lowest BCUT2D eigenvalue weighted by atomic mass is 10.2. The van der Waals surface area contributed by atoms with Crippen molar-refractivity contribution in [2.75, 3.05) is 5.73 Å². The molecule has 0 bridgehead atoms. The second-order valence-corrected chi connectivity index (χ2v) is 4.12. The summed E-state index contributed by atoms with van der Waals surface area (Å²) in [6, 6.07) is 9.77. The zero-order valence-corrected chi connectivity index (χ0v) is 10.2. The third kappa shape index (κ3) is 2.99. The van der Waals surface area contributed by atoms with Crippen LogP contribution in [0.3, 0.4) is 0 Å². The highest BCUT2D eigenvalue weighted by atomic mass is 19.4. The molecule has 0 aliphatic rings. The van der Waals surface area contributed by atoms with Gasteiger partial charge in [-0.2, -0.15) is 13.2 Å². The van der Waals surface area contributed by atoms with Crippen molar-refractivity contribution in [3.63, 3.8) is 0 Å². The van der Waals surface area contributed by atoms with Crippen LogP contribution in [-0.2, 0) is 6.18 Å². The van der Waals surface area contributed by atoms with Crippen LogP contribution in [0.15, 0.2) is 42.5 Å². The Balaban J connectivity index is 2.25. The van der Waals surface area contributed by atoms with Crippen LogP contribution in [-0.4, -0.2) is 0 Å². The van der Waals surface area contributed by atoms with E-state index in [4.69, 9.17) is 10.5 Å². The van der Waals surface area contributed by atoms with E-state index < -0.39 is 11.7 Å². The van der Waals surface area contributed by atoms with Crippen LogP contribution in [0.1, 0.15) is 11.1 Å². The summed E-state index contributed by atoms with van der Waals surface area (Å²) in [7, 11) is 0. The second-order valence-electron chi connectivity index (χ2n) is 4.12. The summed E-state index contributed by atoms with van der Waals surface area (Å²) in [5, 5.41) is 0. The number of anilines is 1. The maximum Gasteiger partial charge on any atom is 0.416 e. The molecule has 2 rings (SSSR count). The van der Waals surface area contributed by atoms with E-state index in [1.807, 2.05) is 13.0 Å². The summed E-state index contributed by atoms with van der Waals surface area (Å²) in [5.41, 5.74) is 6.32.